The molecule has 21 heavy (non-hydrogen) atoms. The molecule has 2 aromatic carbocycles. The van der Waals surface area contributed by atoms with Crippen LogP contribution in [0.15, 0.2) is 48.5 Å². The molecular weight excluding hydrogens is 261 g/mol. The van der Waals surface area contributed by atoms with Gasteiger partial charge in [-0.1, -0.05) is 62.2 Å². The number of rotatable bonds is 7. The summed E-state index contributed by atoms with van der Waals surface area (Å²) in [5.41, 5.74) is 7.98. The van der Waals surface area contributed by atoms with E-state index in [-0.39, 0.29) is 11.5 Å². The number of hydrogen-bond acceptors (Lipinski definition) is 1. The summed E-state index contributed by atoms with van der Waals surface area (Å²) in [6, 6.07) is 15.8. The smallest absolute Gasteiger partial charge is 0.149 e. The third-order valence-corrected chi connectivity index (χ3v) is 4.05. The molecule has 0 saturated carbocycles. The van der Waals surface area contributed by atoms with Gasteiger partial charge in [0.25, 0.3) is 0 Å². The molecule has 0 bridgehead atoms. The Kier molecular flexibility index (Phi) is 5.79. The third kappa shape index (κ3) is 4.32. The zero-order valence-electron chi connectivity index (χ0n) is 12.7. The molecule has 2 rings (SSSR count). The minimum Gasteiger partial charge on any atom is -0.396 e. The number of benzene rings is 2. The molecule has 2 aromatic rings. The quantitative estimate of drug-likeness (QED) is 0.685. The van der Waals surface area contributed by atoms with Crippen LogP contribution in [0.1, 0.15) is 49.7 Å². The van der Waals surface area contributed by atoms with Crippen LogP contribution in [0.4, 0.5) is 10.1 Å². The molecule has 1 unspecified atom stereocenters. The zero-order chi connectivity index (χ0) is 15.1. The van der Waals surface area contributed by atoms with Crippen LogP contribution in [0.25, 0.3) is 0 Å². The van der Waals surface area contributed by atoms with Gasteiger partial charge in [-0.15, -0.1) is 0 Å². The van der Waals surface area contributed by atoms with Gasteiger partial charge in [-0.05, 0) is 42.4 Å². The maximum absolute atomic E-state index is 14.0. The molecule has 0 radical (unpaired) electrons. The van der Waals surface area contributed by atoms with Crippen molar-refractivity contribution >= 4 is 5.69 Å². The molecule has 0 heterocycles. The van der Waals surface area contributed by atoms with Crippen LogP contribution in [0.3, 0.4) is 0 Å². The molecule has 0 aliphatic carbocycles. The monoisotopic (exact) mass is 285 g/mol. The lowest BCUT2D eigenvalue weighted by atomic mass is 9.88. The Bertz CT molecular complexity index is 551. The van der Waals surface area contributed by atoms with Crippen molar-refractivity contribution in [3.63, 3.8) is 0 Å². The second kappa shape index (κ2) is 7.82. The number of aryl methyl sites for hydroxylation is 1. The van der Waals surface area contributed by atoms with Crippen LogP contribution >= 0.6 is 0 Å². The number of halogens is 1. The molecule has 1 nitrogen and oxygen atoms in total. The van der Waals surface area contributed by atoms with Gasteiger partial charge in [-0.25, -0.2) is 4.39 Å². The van der Waals surface area contributed by atoms with Gasteiger partial charge in [0, 0.05) is 0 Å². The number of nitrogens with two attached hydrogens (primary N) is 1. The summed E-state index contributed by atoms with van der Waals surface area (Å²) < 4.78 is 14.0. The number of hydrogen-bond donors (Lipinski definition) is 1. The maximum atomic E-state index is 14.0. The van der Waals surface area contributed by atoms with Gasteiger partial charge in [-0.2, -0.15) is 0 Å². The summed E-state index contributed by atoms with van der Waals surface area (Å²) in [6.07, 6.45) is 5.25. The molecule has 2 N–H and O–H groups in total. The molecule has 0 spiro atoms. The average Bonchev–Trinajstić information content (AvgIpc) is 2.52. The zero-order valence-corrected chi connectivity index (χ0v) is 12.7. The van der Waals surface area contributed by atoms with E-state index in [0.29, 0.717) is 5.92 Å². The topological polar surface area (TPSA) is 26.0 Å². The molecule has 2 heteroatoms. The minimum atomic E-state index is -0.250. The highest BCUT2D eigenvalue weighted by molar-refractivity contribution is 5.43. The largest absolute Gasteiger partial charge is 0.396 e. The fourth-order valence-corrected chi connectivity index (χ4v) is 2.78. The first kappa shape index (κ1) is 15.6. The normalized spacial score (nSPS) is 12.3. The van der Waals surface area contributed by atoms with Gasteiger partial charge < -0.3 is 5.73 Å². The molecule has 0 amide bonds. The Hall–Kier alpha value is -1.83. The van der Waals surface area contributed by atoms with Crippen molar-refractivity contribution in [2.24, 2.45) is 0 Å². The molecule has 0 aromatic heterocycles. The maximum Gasteiger partial charge on any atom is 0.149 e. The molecular formula is C19H24FN. The second-order valence-corrected chi connectivity index (χ2v) is 5.61. The molecule has 0 fully saturated rings. The van der Waals surface area contributed by atoms with Gasteiger partial charge in [0.05, 0.1) is 5.69 Å². The average molecular weight is 285 g/mol. The SMILES string of the molecule is CCCCC(CCc1cccc(N)c1F)c1ccccc1. The standard InChI is InChI=1S/C19H24FN/c1-2-3-8-16(15-9-5-4-6-10-15)13-14-17-11-7-12-18(21)19(17)20/h4-7,9-12,16H,2-3,8,13-14,21H2,1H3. The van der Waals surface area contributed by atoms with E-state index in [2.05, 4.69) is 31.2 Å². The highest BCUT2D eigenvalue weighted by atomic mass is 19.1. The van der Waals surface area contributed by atoms with Gasteiger partial charge in [0.1, 0.15) is 5.82 Å². The van der Waals surface area contributed by atoms with E-state index >= 15 is 0 Å². The van der Waals surface area contributed by atoms with Crippen molar-refractivity contribution in [1.29, 1.82) is 0 Å². The molecule has 0 aliphatic heterocycles. The first-order valence-corrected chi connectivity index (χ1v) is 7.80. The highest BCUT2D eigenvalue weighted by Gasteiger charge is 2.13. The Morgan fingerprint density at radius 1 is 1.00 bits per heavy atom. The van der Waals surface area contributed by atoms with Crippen molar-refractivity contribution in [2.45, 2.75) is 44.9 Å². The molecule has 112 valence electrons. The van der Waals surface area contributed by atoms with Gasteiger partial charge in [0.2, 0.25) is 0 Å². The van der Waals surface area contributed by atoms with Crippen LogP contribution in [-0.4, -0.2) is 0 Å². The van der Waals surface area contributed by atoms with Crippen molar-refractivity contribution in [1.82, 2.24) is 0 Å². The Morgan fingerprint density at radius 3 is 2.48 bits per heavy atom. The summed E-state index contributed by atoms with van der Waals surface area (Å²) in [4.78, 5) is 0. The summed E-state index contributed by atoms with van der Waals surface area (Å²) in [6.45, 7) is 2.21. The van der Waals surface area contributed by atoms with Crippen LogP contribution in [0.5, 0.6) is 0 Å². The number of anilines is 1. The summed E-state index contributed by atoms with van der Waals surface area (Å²) in [7, 11) is 0. The third-order valence-electron chi connectivity index (χ3n) is 4.05. The number of unbranched alkanes of at least 4 members (excludes halogenated alkanes) is 1. The van der Waals surface area contributed by atoms with Crippen molar-refractivity contribution in [3.8, 4) is 0 Å². The highest BCUT2D eigenvalue weighted by Crippen LogP contribution is 2.28. The fourth-order valence-electron chi connectivity index (χ4n) is 2.78. The van der Waals surface area contributed by atoms with E-state index in [0.717, 1.165) is 24.8 Å². The van der Waals surface area contributed by atoms with Gasteiger partial charge >= 0.3 is 0 Å². The lowest BCUT2D eigenvalue weighted by Gasteiger charge is -2.17. The molecule has 0 aliphatic rings. The Morgan fingerprint density at radius 2 is 1.76 bits per heavy atom. The summed E-state index contributed by atoms with van der Waals surface area (Å²) in [5, 5.41) is 0. The summed E-state index contributed by atoms with van der Waals surface area (Å²) >= 11 is 0. The summed E-state index contributed by atoms with van der Waals surface area (Å²) in [5.74, 6) is 0.242. The Labute approximate surface area is 127 Å². The van der Waals surface area contributed by atoms with Crippen molar-refractivity contribution in [2.75, 3.05) is 5.73 Å². The van der Waals surface area contributed by atoms with Crippen molar-refractivity contribution < 1.29 is 4.39 Å². The van der Waals surface area contributed by atoms with E-state index in [1.165, 1.54) is 18.4 Å². The van der Waals surface area contributed by atoms with E-state index in [9.17, 15) is 4.39 Å². The van der Waals surface area contributed by atoms with Crippen LogP contribution in [0.2, 0.25) is 0 Å². The fraction of sp³-hybridized carbons (Fsp3) is 0.368. The van der Waals surface area contributed by atoms with E-state index in [1.807, 2.05) is 18.2 Å². The predicted octanol–water partition coefficient (Wildman–Crippen LogP) is 5.31. The van der Waals surface area contributed by atoms with Gasteiger partial charge in [-0.3, -0.25) is 0 Å². The lowest BCUT2D eigenvalue weighted by Crippen LogP contribution is -2.03. The van der Waals surface area contributed by atoms with Gasteiger partial charge in [0.15, 0.2) is 0 Å². The van der Waals surface area contributed by atoms with Crippen LogP contribution < -0.4 is 5.73 Å². The van der Waals surface area contributed by atoms with E-state index < -0.39 is 0 Å². The minimum absolute atomic E-state index is 0.248. The van der Waals surface area contributed by atoms with E-state index in [1.54, 1.807) is 6.07 Å². The van der Waals surface area contributed by atoms with E-state index in [4.69, 9.17) is 5.73 Å². The number of nitrogen functional groups attached to an aromatic ring is 1. The molecule has 1 atom stereocenters. The second-order valence-electron chi connectivity index (χ2n) is 5.61. The van der Waals surface area contributed by atoms with Crippen LogP contribution in [-0.2, 0) is 6.42 Å². The first-order valence-electron chi connectivity index (χ1n) is 7.80. The first-order chi connectivity index (χ1) is 10.2. The molecule has 0 saturated heterocycles. The van der Waals surface area contributed by atoms with Crippen molar-refractivity contribution in [3.05, 3.63) is 65.5 Å². The lowest BCUT2D eigenvalue weighted by molar-refractivity contribution is 0.536. The predicted molar refractivity (Wildman–Crippen MR) is 87.8 cm³/mol. The Balaban J connectivity index is 2.07. The van der Waals surface area contributed by atoms with Crippen LogP contribution in [0, 0.1) is 5.82 Å².